The lowest BCUT2D eigenvalue weighted by atomic mass is 10.1. The normalized spacial score (nSPS) is 15.9. The molecule has 0 radical (unpaired) electrons. The van der Waals surface area contributed by atoms with Gasteiger partial charge in [0.1, 0.15) is 18.4 Å². The second kappa shape index (κ2) is 7.15. The van der Waals surface area contributed by atoms with Gasteiger partial charge in [-0.3, -0.25) is 9.59 Å². The third kappa shape index (κ3) is 3.61. The Hall–Kier alpha value is -2.53. The summed E-state index contributed by atoms with van der Waals surface area (Å²) in [5, 5.41) is 3.17. The van der Waals surface area contributed by atoms with Gasteiger partial charge in [-0.1, -0.05) is 41.4 Å². The molecular formula is C19H19ClN2O3. The highest BCUT2D eigenvalue weighted by Crippen LogP contribution is 2.40. The van der Waals surface area contributed by atoms with Crippen LogP contribution in [0.3, 0.4) is 0 Å². The number of rotatable bonds is 5. The van der Waals surface area contributed by atoms with E-state index >= 15 is 0 Å². The van der Waals surface area contributed by atoms with E-state index in [0.29, 0.717) is 29.4 Å². The quantitative estimate of drug-likeness (QED) is 0.892. The molecule has 6 heteroatoms. The van der Waals surface area contributed by atoms with Gasteiger partial charge in [0.25, 0.3) is 5.91 Å². The molecule has 3 rings (SSSR count). The minimum absolute atomic E-state index is 0.203. The number of para-hydroxylation sites is 1. The molecule has 5 nitrogen and oxygen atoms in total. The summed E-state index contributed by atoms with van der Waals surface area (Å²) in [5.74, 6) is 0.280. The van der Waals surface area contributed by atoms with E-state index in [4.69, 9.17) is 16.3 Å². The van der Waals surface area contributed by atoms with Crippen LogP contribution in [0.1, 0.15) is 24.1 Å². The topological polar surface area (TPSA) is 58.6 Å². The van der Waals surface area contributed by atoms with Crippen molar-refractivity contribution in [1.82, 2.24) is 5.32 Å². The summed E-state index contributed by atoms with van der Waals surface area (Å²) in [6.45, 7) is 4.07. The zero-order chi connectivity index (χ0) is 18.0. The molecule has 1 heterocycles. The Morgan fingerprint density at radius 2 is 1.96 bits per heavy atom. The average molecular weight is 359 g/mol. The summed E-state index contributed by atoms with van der Waals surface area (Å²) >= 11 is 6.30. The van der Waals surface area contributed by atoms with E-state index in [-0.39, 0.29) is 11.8 Å². The van der Waals surface area contributed by atoms with Crippen molar-refractivity contribution in [2.45, 2.75) is 19.9 Å². The SMILES string of the molecule is CC(=O)N[C@@H]1C(=O)N(CCOc2ccc(C)cc2)c2c(Cl)cccc21. The Balaban J connectivity index is 1.76. The Morgan fingerprint density at radius 3 is 2.64 bits per heavy atom. The van der Waals surface area contributed by atoms with E-state index < -0.39 is 6.04 Å². The standard InChI is InChI=1S/C19H19ClN2O3/c1-12-6-8-14(9-7-12)25-11-10-22-18-15(4-3-5-16(18)20)17(19(22)24)21-13(2)23/h3-9,17H,10-11H2,1-2H3,(H,21,23)/t17-/m0/s1. The number of benzene rings is 2. The number of anilines is 1. The van der Waals surface area contributed by atoms with Crippen molar-refractivity contribution in [2.24, 2.45) is 0 Å². The highest BCUT2D eigenvalue weighted by molar-refractivity contribution is 6.34. The molecule has 2 amide bonds. The fourth-order valence-electron chi connectivity index (χ4n) is 2.90. The zero-order valence-electron chi connectivity index (χ0n) is 14.1. The molecule has 0 saturated heterocycles. The molecule has 0 saturated carbocycles. The average Bonchev–Trinajstić information content (AvgIpc) is 2.83. The Morgan fingerprint density at radius 1 is 1.24 bits per heavy atom. The molecule has 0 fully saturated rings. The van der Waals surface area contributed by atoms with E-state index in [1.807, 2.05) is 31.2 Å². The largest absolute Gasteiger partial charge is 0.492 e. The number of aryl methyl sites for hydroxylation is 1. The Kier molecular flexibility index (Phi) is 4.95. The van der Waals surface area contributed by atoms with E-state index in [1.54, 1.807) is 23.1 Å². The predicted molar refractivity (Wildman–Crippen MR) is 97.0 cm³/mol. The molecule has 0 aliphatic carbocycles. The van der Waals surface area contributed by atoms with E-state index in [2.05, 4.69) is 5.32 Å². The summed E-state index contributed by atoms with van der Waals surface area (Å²) in [6.07, 6.45) is 0. The zero-order valence-corrected chi connectivity index (χ0v) is 14.8. The number of hydrogen-bond donors (Lipinski definition) is 1. The molecule has 0 spiro atoms. The lowest BCUT2D eigenvalue weighted by Gasteiger charge is -2.19. The summed E-state index contributed by atoms with van der Waals surface area (Å²) in [7, 11) is 0. The van der Waals surface area contributed by atoms with Gasteiger partial charge in [-0.15, -0.1) is 0 Å². The highest BCUT2D eigenvalue weighted by atomic mass is 35.5. The maximum atomic E-state index is 12.7. The van der Waals surface area contributed by atoms with Crippen LogP contribution in [0.5, 0.6) is 5.75 Å². The number of carbonyl (C=O) groups is 2. The minimum atomic E-state index is -0.703. The molecule has 1 N–H and O–H groups in total. The Labute approximate surface area is 151 Å². The number of fused-ring (bicyclic) bond motifs is 1. The van der Waals surface area contributed by atoms with E-state index in [1.165, 1.54) is 6.92 Å². The number of amides is 2. The van der Waals surface area contributed by atoms with Crippen LogP contribution in [-0.4, -0.2) is 25.0 Å². The van der Waals surface area contributed by atoms with Gasteiger partial charge in [-0.2, -0.15) is 0 Å². The predicted octanol–water partition coefficient (Wildman–Crippen LogP) is 3.25. The second-order valence-corrected chi connectivity index (χ2v) is 6.37. The fourth-order valence-corrected chi connectivity index (χ4v) is 3.19. The Bertz CT molecular complexity index is 805. The first-order valence-corrected chi connectivity index (χ1v) is 8.41. The number of nitrogens with zero attached hydrogens (tertiary/aromatic N) is 1. The van der Waals surface area contributed by atoms with Crippen LogP contribution >= 0.6 is 11.6 Å². The van der Waals surface area contributed by atoms with Crippen molar-refractivity contribution >= 4 is 29.1 Å². The molecule has 1 aliphatic rings. The third-order valence-electron chi connectivity index (χ3n) is 4.06. The van der Waals surface area contributed by atoms with Gasteiger partial charge in [0.05, 0.1) is 17.3 Å². The van der Waals surface area contributed by atoms with Gasteiger partial charge in [-0.05, 0) is 25.1 Å². The first-order valence-electron chi connectivity index (χ1n) is 8.03. The number of halogens is 1. The molecule has 0 aromatic heterocycles. The molecule has 0 unspecified atom stereocenters. The molecule has 0 bridgehead atoms. The van der Waals surface area contributed by atoms with Gasteiger partial charge in [0.2, 0.25) is 5.91 Å². The van der Waals surface area contributed by atoms with Crippen molar-refractivity contribution in [3.8, 4) is 5.75 Å². The van der Waals surface area contributed by atoms with Crippen molar-refractivity contribution in [1.29, 1.82) is 0 Å². The molecule has 1 atom stereocenters. The lowest BCUT2D eigenvalue weighted by molar-refractivity contribution is -0.126. The van der Waals surface area contributed by atoms with Crippen LogP contribution in [0.15, 0.2) is 42.5 Å². The fraction of sp³-hybridized carbons (Fsp3) is 0.263. The summed E-state index contributed by atoms with van der Waals surface area (Å²) in [5.41, 5.74) is 2.50. The van der Waals surface area contributed by atoms with Crippen molar-refractivity contribution < 1.29 is 14.3 Å². The maximum Gasteiger partial charge on any atom is 0.254 e. The van der Waals surface area contributed by atoms with Gasteiger partial charge in [-0.25, -0.2) is 0 Å². The number of hydrogen-bond acceptors (Lipinski definition) is 3. The van der Waals surface area contributed by atoms with E-state index in [0.717, 1.165) is 11.3 Å². The third-order valence-corrected chi connectivity index (χ3v) is 4.37. The van der Waals surface area contributed by atoms with Gasteiger partial charge in [0, 0.05) is 12.5 Å². The van der Waals surface area contributed by atoms with Crippen LogP contribution in [0.4, 0.5) is 5.69 Å². The van der Waals surface area contributed by atoms with Crippen molar-refractivity contribution in [3.05, 3.63) is 58.6 Å². The minimum Gasteiger partial charge on any atom is -0.492 e. The number of carbonyl (C=O) groups excluding carboxylic acids is 2. The van der Waals surface area contributed by atoms with Gasteiger partial charge < -0.3 is 15.0 Å². The van der Waals surface area contributed by atoms with Crippen LogP contribution < -0.4 is 15.0 Å². The summed E-state index contributed by atoms with van der Waals surface area (Å²) < 4.78 is 5.72. The molecule has 1 aliphatic heterocycles. The highest BCUT2D eigenvalue weighted by Gasteiger charge is 2.38. The number of nitrogens with one attached hydrogen (secondary N) is 1. The van der Waals surface area contributed by atoms with Crippen molar-refractivity contribution in [3.63, 3.8) is 0 Å². The summed E-state index contributed by atoms with van der Waals surface area (Å²) in [4.78, 5) is 25.7. The van der Waals surface area contributed by atoms with Crippen LogP contribution in [0, 0.1) is 6.92 Å². The van der Waals surface area contributed by atoms with Crippen LogP contribution in [0.25, 0.3) is 0 Å². The second-order valence-electron chi connectivity index (χ2n) is 5.96. The maximum absolute atomic E-state index is 12.7. The summed E-state index contributed by atoms with van der Waals surface area (Å²) in [6, 6.07) is 12.3. The molecule has 2 aromatic rings. The first-order chi connectivity index (χ1) is 12.0. The molecule has 130 valence electrons. The lowest BCUT2D eigenvalue weighted by Crippen LogP contribution is -2.38. The van der Waals surface area contributed by atoms with E-state index in [9.17, 15) is 9.59 Å². The first kappa shape index (κ1) is 17.3. The molecule has 25 heavy (non-hydrogen) atoms. The molecular weight excluding hydrogens is 340 g/mol. The van der Waals surface area contributed by atoms with Crippen LogP contribution in [0.2, 0.25) is 5.02 Å². The van der Waals surface area contributed by atoms with Crippen molar-refractivity contribution in [2.75, 3.05) is 18.1 Å². The molecule has 2 aromatic carbocycles. The van der Waals surface area contributed by atoms with Gasteiger partial charge in [0.15, 0.2) is 0 Å². The van der Waals surface area contributed by atoms with Crippen LogP contribution in [-0.2, 0) is 9.59 Å². The van der Waals surface area contributed by atoms with Gasteiger partial charge >= 0.3 is 0 Å². The monoisotopic (exact) mass is 358 g/mol. The number of ether oxygens (including phenoxy) is 1. The smallest absolute Gasteiger partial charge is 0.254 e.